The third-order valence-electron chi connectivity index (χ3n) is 4.58. The minimum absolute atomic E-state index is 0.0792. The second-order valence-electron chi connectivity index (χ2n) is 6.45. The maximum atomic E-state index is 9.43. The molecule has 0 spiro atoms. The molecular weight excluding hydrogens is 265 g/mol. The van der Waals surface area contributed by atoms with Gasteiger partial charge in [0.05, 0.1) is 23.5 Å². The summed E-state index contributed by atoms with van der Waals surface area (Å²) in [5.41, 5.74) is 0.911. The van der Waals surface area contributed by atoms with E-state index >= 15 is 0 Å². The molecule has 3 rings (SSSR count). The summed E-state index contributed by atoms with van der Waals surface area (Å²) in [6.45, 7) is 8.08. The fraction of sp³-hybridized carbons (Fsp3) is 0.438. The van der Waals surface area contributed by atoms with Gasteiger partial charge in [-0.2, -0.15) is 0 Å². The maximum absolute atomic E-state index is 9.43. The number of aliphatic hydroxyl groups is 1. The number of aliphatic hydroxyl groups excluding tert-OH is 1. The molecule has 2 aromatic rings. The Hall–Kier alpha value is -1.43. The van der Waals surface area contributed by atoms with Crippen molar-refractivity contribution in [2.24, 2.45) is 0 Å². The van der Waals surface area contributed by atoms with E-state index in [-0.39, 0.29) is 17.8 Å². The molecule has 110 valence electrons. The minimum Gasteiger partial charge on any atom is -0.399 e. The smallest absolute Gasteiger partial charge is 0.399 e. The first-order chi connectivity index (χ1) is 9.86. The first-order valence-electron chi connectivity index (χ1n) is 7.19. The second kappa shape index (κ2) is 4.80. The van der Waals surface area contributed by atoms with Crippen LogP contribution in [-0.2, 0) is 15.9 Å². The molecule has 1 aliphatic rings. The third-order valence-corrected chi connectivity index (χ3v) is 4.58. The molecule has 0 bridgehead atoms. The fourth-order valence-electron chi connectivity index (χ4n) is 2.59. The molecule has 1 aromatic carbocycles. The largest absolute Gasteiger partial charge is 0.495 e. The maximum Gasteiger partial charge on any atom is 0.495 e. The number of hydrogen-bond donors (Lipinski definition) is 1. The summed E-state index contributed by atoms with van der Waals surface area (Å²) in [5.74, 6) is 0. The predicted octanol–water partition coefficient (Wildman–Crippen LogP) is 2.03. The van der Waals surface area contributed by atoms with E-state index in [1.54, 1.807) is 6.20 Å². The van der Waals surface area contributed by atoms with Crippen LogP contribution in [0.2, 0.25) is 0 Å². The molecule has 1 aromatic heterocycles. The SMILES string of the molecule is CC1(C)OB(c2cccc3c(CO)nccc23)OC1(C)C. The Labute approximate surface area is 125 Å². The van der Waals surface area contributed by atoms with Crippen LogP contribution in [0.5, 0.6) is 0 Å². The predicted molar refractivity (Wildman–Crippen MR) is 83.4 cm³/mol. The highest BCUT2D eigenvalue weighted by molar-refractivity contribution is 6.65. The van der Waals surface area contributed by atoms with E-state index < -0.39 is 7.12 Å². The van der Waals surface area contributed by atoms with Crippen LogP contribution in [0, 0.1) is 0 Å². The van der Waals surface area contributed by atoms with Gasteiger partial charge >= 0.3 is 7.12 Å². The molecule has 0 aliphatic carbocycles. The van der Waals surface area contributed by atoms with Crippen molar-refractivity contribution in [3.05, 3.63) is 36.2 Å². The van der Waals surface area contributed by atoms with Crippen molar-refractivity contribution in [3.8, 4) is 0 Å². The van der Waals surface area contributed by atoms with E-state index in [0.29, 0.717) is 5.69 Å². The molecule has 0 unspecified atom stereocenters. The highest BCUT2D eigenvalue weighted by Gasteiger charge is 2.52. The highest BCUT2D eigenvalue weighted by atomic mass is 16.7. The van der Waals surface area contributed by atoms with Gasteiger partial charge in [-0.25, -0.2) is 0 Å². The minimum atomic E-state index is -0.410. The Morgan fingerprint density at radius 3 is 2.33 bits per heavy atom. The van der Waals surface area contributed by atoms with E-state index in [9.17, 15) is 5.11 Å². The number of pyridine rings is 1. The van der Waals surface area contributed by atoms with Crippen molar-refractivity contribution in [3.63, 3.8) is 0 Å². The Kier molecular flexibility index (Phi) is 3.32. The van der Waals surface area contributed by atoms with E-state index in [4.69, 9.17) is 9.31 Å². The Bertz CT molecular complexity index is 668. The van der Waals surface area contributed by atoms with Gasteiger partial charge in [-0.05, 0) is 44.6 Å². The zero-order valence-corrected chi connectivity index (χ0v) is 12.9. The van der Waals surface area contributed by atoms with Gasteiger partial charge in [0.25, 0.3) is 0 Å². The van der Waals surface area contributed by atoms with E-state index in [1.807, 2.05) is 52.0 Å². The molecule has 0 atom stereocenters. The van der Waals surface area contributed by atoms with Crippen molar-refractivity contribution in [2.45, 2.75) is 45.5 Å². The number of rotatable bonds is 2. The Morgan fingerprint density at radius 2 is 1.71 bits per heavy atom. The van der Waals surface area contributed by atoms with Crippen LogP contribution in [0.4, 0.5) is 0 Å². The number of aromatic nitrogens is 1. The van der Waals surface area contributed by atoms with Gasteiger partial charge in [0.1, 0.15) is 0 Å². The molecule has 0 radical (unpaired) electrons. The quantitative estimate of drug-likeness (QED) is 0.858. The third kappa shape index (κ3) is 2.25. The molecule has 2 heterocycles. The van der Waals surface area contributed by atoms with Crippen LogP contribution in [0.25, 0.3) is 10.8 Å². The van der Waals surface area contributed by atoms with E-state index in [0.717, 1.165) is 16.2 Å². The van der Waals surface area contributed by atoms with Crippen LogP contribution in [0.3, 0.4) is 0 Å². The number of fused-ring (bicyclic) bond motifs is 1. The van der Waals surface area contributed by atoms with Crippen LogP contribution >= 0.6 is 0 Å². The van der Waals surface area contributed by atoms with Crippen molar-refractivity contribution in [1.82, 2.24) is 4.98 Å². The van der Waals surface area contributed by atoms with Crippen LogP contribution in [-0.4, -0.2) is 28.4 Å². The molecule has 4 nitrogen and oxygen atoms in total. The molecule has 1 saturated heterocycles. The standard InChI is InChI=1S/C16H20BNO3/c1-15(2)16(3,4)21-17(20-15)13-7-5-6-12-11(13)8-9-18-14(12)10-19/h5-9,19H,10H2,1-4H3. The second-order valence-corrected chi connectivity index (χ2v) is 6.45. The molecular formula is C16H20BNO3. The monoisotopic (exact) mass is 285 g/mol. The van der Waals surface area contributed by atoms with Gasteiger partial charge in [0.15, 0.2) is 0 Å². The molecule has 5 heteroatoms. The zero-order valence-electron chi connectivity index (χ0n) is 12.9. The summed E-state index contributed by atoms with van der Waals surface area (Å²) in [4.78, 5) is 4.22. The highest BCUT2D eigenvalue weighted by Crippen LogP contribution is 2.37. The number of nitrogens with zero attached hydrogens (tertiary/aromatic N) is 1. The number of hydrogen-bond acceptors (Lipinski definition) is 4. The fourth-order valence-corrected chi connectivity index (χ4v) is 2.59. The van der Waals surface area contributed by atoms with Crippen molar-refractivity contribution < 1.29 is 14.4 Å². The summed E-state index contributed by atoms with van der Waals surface area (Å²) in [6.07, 6.45) is 1.71. The zero-order chi connectivity index (χ0) is 15.3. The molecule has 21 heavy (non-hydrogen) atoms. The summed E-state index contributed by atoms with van der Waals surface area (Å²) in [6, 6.07) is 7.85. The molecule has 1 N–H and O–H groups in total. The topological polar surface area (TPSA) is 51.6 Å². The van der Waals surface area contributed by atoms with Crippen molar-refractivity contribution in [2.75, 3.05) is 0 Å². The molecule has 0 amide bonds. The molecule has 1 aliphatic heterocycles. The lowest BCUT2D eigenvalue weighted by Crippen LogP contribution is -2.41. The van der Waals surface area contributed by atoms with Gasteiger partial charge in [-0.15, -0.1) is 0 Å². The summed E-state index contributed by atoms with van der Waals surface area (Å²) in [5, 5.41) is 11.4. The first-order valence-corrected chi connectivity index (χ1v) is 7.19. The Balaban J connectivity index is 2.11. The van der Waals surface area contributed by atoms with Gasteiger partial charge in [0, 0.05) is 11.6 Å². The lowest BCUT2D eigenvalue weighted by molar-refractivity contribution is 0.00578. The van der Waals surface area contributed by atoms with Crippen LogP contribution in [0.1, 0.15) is 33.4 Å². The van der Waals surface area contributed by atoms with Gasteiger partial charge < -0.3 is 14.4 Å². The van der Waals surface area contributed by atoms with Crippen molar-refractivity contribution in [1.29, 1.82) is 0 Å². The van der Waals surface area contributed by atoms with E-state index in [1.165, 1.54) is 0 Å². The van der Waals surface area contributed by atoms with Crippen LogP contribution < -0.4 is 5.46 Å². The number of benzene rings is 1. The normalized spacial score (nSPS) is 20.1. The first kappa shape index (κ1) is 14.5. The van der Waals surface area contributed by atoms with Gasteiger partial charge in [-0.3, -0.25) is 4.98 Å². The van der Waals surface area contributed by atoms with Gasteiger partial charge in [0.2, 0.25) is 0 Å². The lowest BCUT2D eigenvalue weighted by atomic mass is 9.76. The molecule has 0 saturated carbocycles. The summed E-state index contributed by atoms with van der Waals surface area (Å²) < 4.78 is 12.3. The van der Waals surface area contributed by atoms with Crippen LogP contribution in [0.15, 0.2) is 30.5 Å². The average Bonchev–Trinajstić information content (AvgIpc) is 2.66. The van der Waals surface area contributed by atoms with E-state index in [2.05, 4.69) is 4.98 Å². The van der Waals surface area contributed by atoms with Gasteiger partial charge in [-0.1, -0.05) is 18.2 Å². The summed E-state index contributed by atoms with van der Waals surface area (Å²) >= 11 is 0. The Morgan fingerprint density at radius 1 is 1.05 bits per heavy atom. The van der Waals surface area contributed by atoms with Crippen molar-refractivity contribution >= 4 is 23.4 Å². The lowest BCUT2D eigenvalue weighted by Gasteiger charge is -2.32. The summed E-state index contributed by atoms with van der Waals surface area (Å²) in [7, 11) is -0.410. The average molecular weight is 285 g/mol. The molecule has 1 fully saturated rings.